The lowest BCUT2D eigenvalue weighted by Gasteiger charge is -2.34. The first-order chi connectivity index (χ1) is 15.1. The minimum absolute atomic E-state index is 0.0665. The van der Waals surface area contributed by atoms with Crippen LogP contribution in [0.1, 0.15) is 27.4 Å². The smallest absolute Gasteiger partial charge is 0.289 e. The summed E-state index contributed by atoms with van der Waals surface area (Å²) in [6.07, 6.45) is 0. The van der Waals surface area contributed by atoms with Crippen molar-refractivity contribution in [2.24, 2.45) is 0 Å². The zero-order chi connectivity index (χ0) is 21.6. The summed E-state index contributed by atoms with van der Waals surface area (Å²) in [5, 5.41) is 0. The Morgan fingerprint density at radius 3 is 2.52 bits per heavy atom. The van der Waals surface area contributed by atoms with E-state index in [1.54, 1.807) is 19.2 Å². The van der Waals surface area contributed by atoms with Crippen molar-refractivity contribution < 1.29 is 18.7 Å². The quantitative estimate of drug-likeness (QED) is 0.575. The number of hydrogen-bond donors (Lipinski definition) is 0. The van der Waals surface area contributed by atoms with E-state index < -0.39 is 0 Å². The molecule has 0 radical (unpaired) electrons. The van der Waals surface area contributed by atoms with E-state index in [0.717, 1.165) is 25.4 Å². The molecular weight excluding hydrogens is 392 g/mol. The first kappa shape index (κ1) is 21.0. The minimum Gasteiger partial charge on any atom is -0.497 e. The van der Waals surface area contributed by atoms with Crippen LogP contribution in [0.25, 0.3) is 0 Å². The van der Waals surface area contributed by atoms with E-state index in [1.807, 2.05) is 29.2 Å². The van der Waals surface area contributed by atoms with Crippen LogP contribution in [0.4, 0.5) is 0 Å². The Morgan fingerprint density at radius 1 is 0.968 bits per heavy atom. The molecule has 0 aliphatic carbocycles. The number of amides is 1. The van der Waals surface area contributed by atoms with Crippen molar-refractivity contribution in [3.8, 4) is 11.5 Å². The van der Waals surface area contributed by atoms with Gasteiger partial charge in [-0.3, -0.25) is 9.69 Å². The van der Waals surface area contributed by atoms with E-state index in [2.05, 4.69) is 36.1 Å². The van der Waals surface area contributed by atoms with E-state index in [-0.39, 0.29) is 12.5 Å². The first-order valence-electron chi connectivity index (χ1n) is 10.5. The average molecular weight is 421 g/mol. The lowest BCUT2D eigenvalue weighted by Crippen LogP contribution is -2.48. The SMILES string of the molecule is COc1cccc(OCc2ccc(C(=O)N3CCN(Cc4ccccc4C)CC3)o2)c1. The van der Waals surface area contributed by atoms with Crippen LogP contribution in [0.15, 0.2) is 65.1 Å². The molecule has 1 fully saturated rings. The van der Waals surface area contributed by atoms with Crippen LogP contribution in [-0.4, -0.2) is 49.0 Å². The summed E-state index contributed by atoms with van der Waals surface area (Å²) in [5.41, 5.74) is 2.65. The Balaban J connectivity index is 1.28. The Bertz CT molecular complexity index is 1020. The summed E-state index contributed by atoms with van der Waals surface area (Å²) in [6, 6.07) is 19.4. The summed E-state index contributed by atoms with van der Waals surface area (Å²) in [6.45, 7) is 6.41. The fourth-order valence-electron chi connectivity index (χ4n) is 3.71. The number of furan rings is 1. The number of hydrogen-bond acceptors (Lipinski definition) is 5. The second-order valence-electron chi connectivity index (χ2n) is 7.73. The first-order valence-corrected chi connectivity index (χ1v) is 10.5. The lowest BCUT2D eigenvalue weighted by atomic mass is 10.1. The highest BCUT2D eigenvalue weighted by Gasteiger charge is 2.24. The Kier molecular flexibility index (Phi) is 6.57. The highest BCUT2D eigenvalue weighted by atomic mass is 16.5. The van der Waals surface area contributed by atoms with Gasteiger partial charge in [-0.05, 0) is 42.3 Å². The molecule has 162 valence electrons. The Hall–Kier alpha value is -3.25. The van der Waals surface area contributed by atoms with Crippen molar-refractivity contribution in [2.75, 3.05) is 33.3 Å². The summed E-state index contributed by atoms with van der Waals surface area (Å²) < 4.78 is 16.7. The maximum atomic E-state index is 12.8. The van der Waals surface area contributed by atoms with E-state index >= 15 is 0 Å². The fourth-order valence-corrected chi connectivity index (χ4v) is 3.71. The summed E-state index contributed by atoms with van der Waals surface area (Å²) in [4.78, 5) is 17.1. The zero-order valence-corrected chi connectivity index (χ0v) is 18.0. The number of piperazine rings is 1. The van der Waals surface area contributed by atoms with Crippen LogP contribution in [-0.2, 0) is 13.2 Å². The van der Waals surface area contributed by atoms with E-state index in [1.165, 1.54) is 11.1 Å². The van der Waals surface area contributed by atoms with Crippen LogP contribution >= 0.6 is 0 Å². The molecular formula is C25H28N2O4. The monoisotopic (exact) mass is 420 g/mol. The minimum atomic E-state index is -0.0665. The van der Waals surface area contributed by atoms with Crippen LogP contribution < -0.4 is 9.47 Å². The molecule has 1 aliphatic rings. The maximum Gasteiger partial charge on any atom is 0.289 e. The number of nitrogens with zero attached hydrogens (tertiary/aromatic N) is 2. The van der Waals surface area contributed by atoms with E-state index in [9.17, 15) is 4.79 Å². The number of methoxy groups -OCH3 is 1. The molecule has 0 saturated carbocycles. The molecule has 0 atom stereocenters. The van der Waals surface area contributed by atoms with Gasteiger partial charge in [0.1, 0.15) is 23.9 Å². The topological polar surface area (TPSA) is 55.2 Å². The third-order valence-corrected chi connectivity index (χ3v) is 5.61. The third kappa shape index (κ3) is 5.27. The molecule has 31 heavy (non-hydrogen) atoms. The summed E-state index contributed by atoms with van der Waals surface area (Å²) in [7, 11) is 1.62. The van der Waals surface area contributed by atoms with Crippen molar-refractivity contribution >= 4 is 5.91 Å². The standard InChI is InChI=1S/C25H28N2O4/c1-19-6-3-4-7-20(19)17-26-12-14-27(15-13-26)25(28)24-11-10-23(31-24)18-30-22-9-5-8-21(16-22)29-2/h3-11,16H,12-15,17-18H2,1-2H3. The molecule has 2 aromatic carbocycles. The number of aryl methyl sites for hydroxylation is 1. The summed E-state index contributed by atoms with van der Waals surface area (Å²) >= 11 is 0. The number of rotatable bonds is 7. The molecule has 3 aromatic rings. The van der Waals surface area contributed by atoms with Gasteiger partial charge in [0.25, 0.3) is 5.91 Å². The van der Waals surface area contributed by atoms with Gasteiger partial charge in [-0.2, -0.15) is 0 Å². The molecule has 2 heterocycles. The largest absolute Gasteiger partial charge is 0.497 e. The van der Waals surface area contributed by atoms with Gasteiger partial charge in [0.15, 0.2) is 5.76 Å². The van der Waals surface area contributed by atoms with Gasteiger partial charge >= 0.3 is 0 Å². The molecule has 4 rings (SSSR count). The molecule has 0 spiro atoms. The second kappa shape index (κ2) is 9.71. The summed E-state index contributed by atoms with van der Waals surface area (Å²) in [5.74, 6) is 2.33. The van der Waals surface area contributed by atoms with E-state index in [4.69, 9.17) is 13.9 Å². The fraction of sp³-hybridized carbons (Fsp3) is 0.320. The van der Waals surface area contributed by atoms with Crippen molar-refractivity contribution in [1.82, 2.24) is 9.80 Å². The highest BCUT2D eigenvalue weighted by molar-refractivity contribution is 5.91. The molecule has 6 nitrogen and oxygen atoms in total. The lowest BCUT2D eigenvalue weighted by molar-refractivity contribution is 0.0594. The van der Waals surface area contributed by atoms with E-state index in [0.29, 0.717) is 30.4 Å². The van der Waals surface area contributed by atoms with Crippen molar-refractivity contribution in [1.29, 1.82) is 0 Å². The number of ether oxygens (including phenoxy) is 2. The van der Waals surface area contributed by atoms with Gasteiger partial charge in [0.2, 0.25) is 0 Å². The van der Waals surface area contributed by atoms with Crippen molar-refractivity contribution in [3.05, 3.63) is 83.3 Å². The molecule has 1 saturated heterocycles. The molecule has 6 heteroatoms. The predicted octanol–water partition coefficient (Wildman–Crippen LogP) is 4.13. The number of carbonyl (C=O) groups is 1. The van der Waals surface area contributed by atoms with Crippen LogP contribution in [0.3, 0.4) is 0 Å². The molecule has 0 bridgehead atoms. The molecule has 0 unspecified atom stereocenters. The number of carbonyl (C=O) groups excluding carboxylic acids is 1. The molecule has 1 aromatic heterocycles. The zero-order valence-electron chi connectivity index (χ0n) is 18.0. The van der Waals surface area contributed by atoms with Crippen LogP contribution in [0, 0.1) is 6.92 Å². The molecule has 0 N–H and O–H groups in total. The Labute approximate surface area is 183 Å². The van der Waals surface area contributed by atoms with Gasteiger partial charge in [0, 0.05) is 38.8 Å². The highest BCUT2D eigenvalue weighted by Crippen LogP contribution is 2.21. The van der Waals surface area contributed by atoms with Crippen LogP contribution in [0.2, 0.25) is 0 Å². The third-order valence-electron chi connectivity index (χ3n) is 5.61. The molecule has 1 amide bonds. The van der Waals surface area contributed by atoms with Gasteiger partial charge in [-0.25, -0.2) is 0 Å². The van der Waals surface area contributed by atoms with Gasteiger partial charge in [-0.1, -0.05) is 30.3 Å². The van der Waals surface area contributed by atoms with Crippen LogP contribution in [0.5, 0.6) is 11.5 Å². The number of benzene rings is 2. The molecule has 1 aliphatic heterocycles. The van der Waals surface area contributed by atoms with Gasteiger partial charge in [0.05, 0.1) is 7.11 Å². The average Bonchev–Trinajstić information content (AvgIpc) is 3.28. The van der Waals surface area contributed by atoms with Gasteiger partial charge < -0.3 is 18.8 Å². The Morgan fingerprint density at radius 2 is 1.74 bits per heavy atom. The second-order valence-corrected chi connectivity index (χ2v) is 7.73. The van der Waals surface area contributed by atoms with Crippen molar-refractivity contribution in [2.45, 2.75) is 20.1 Å². The maximum absolute atomic E-state index is 12.8. The normalized spacial score (nSPS) is 14.5. The van der Waals surface area contributed by atoms with Gasteiger partial charge in [-0.15, -0.1) is 0 Å². The van der Waals surface area contributed by atoms with Crippen molar-refractivity contribution in [3.63, 3.8) is 0 Å². The predicted molar refractivity (Wildman–Crippen MR) is 118 cm³/mol.